The maximum Gasteiger partial charge on any atom is 0.337 e. The topological polar surface area (TPSA) is 85.4 Å². The Labute approximate surface area is 124 Å². The smallest absolute Gasteiger partial charge is 0.337 e. The normalized spacial score (nSPS) is 10.3. The van der Waals surface area contributed by atoms with E-state index in [0.29, 0.717) is 5.75 Å². The van der Waals surface area contributed by atoms with Crippen LogP contribution in [0.2, 0.25) is 0 Å². The fourth-order valence-electron chi connectivity index (χ4n) is 1.75. The first-order valence-electron chi connectivity index (χ1n) is 5.82. The van der Waals surface area contributed by atoms with Crippen LogP contribution >= 0.6 is 15.9 Å². The number of halogens is 1. The van der Waals surface area contributed by atoms with Crippen molar-refractivity contribution in [3.8, 4) is 11.6 Å². The number of aromatic carboxylic acids is 1. The fourth-order valence-corrected chi connectivity index (χ4v) is 1.98. The first-order chi connectivity index (χ1) is 9.38. The minimum atomic E-state index is -1.08. The van der Waals surface area contributed by atoms with Gasteiger partial charge in [0.25, 0.3) is 0 Å². The summed E-state index contributed by atoms with van der Waals surface area (Å²) in [6.07, 6.45) is 1.21. The first kappa shape index (κ1) is 14.3. The molecule has 0 unspecified atom stereocenters. The molecule has 0 saturated carbocycles. The van der Waals surface area contributed by atoms with E-state index in [1.165, 1.54) is 12.3 Å². The Balaban J connectivity index is 2.33. The summed E-state index contributed by atoms with van der Waals surface area (Å²) in [5, 5.41) is 8.85. The Hall–Kier alpha value is -2.08. The lowest BCUT2D eigenvalue weighted by molar-refractivity contribution is 0.0696. The van der Waals surface area contributed by atoms with Crippen molar-refractivity contribution in [1.29, 1.82) is 0 Å². The highest BCUT2D eigenvalue weighted by Gasteiger charge is 2.11. The average Bonchev–Trinajstić information content (AvgIpc) is 2.38. The molecule has 0 aliphatic heterocycles. The van der Waals surface area contributed by atoms with Gasteiger partial charge in [-0.25, -0.2) is 9.78 Å². The number of hydrogen-bond acceptors (Lipinski definition) is 4. The summed E-state index contributed by atoms with van der Waals surface area (Å²) in [4.78, 5) is 14.7. The van der Waals surface area contributed by atoms with Crippen LogP contribution in [0.5, 0.6) is 11.6 Å². The number of aromatic nitrogens is 1. The van der Waals surface area contributed by atoms with Crippen molar-refractivity contribution in [2.24, 2.45) is 0 Å². The molecule has 1 aromatic heterocycles. The van der Waals surface area contributed by atoms with E-state index >= 15 is 0 Å². The number of hydrogen-bond donors (Lipinski definition) is 2. The van der Waals surface area contributed by atoms with Gasteiger partial charge in [0.05, 0.1) is 11.3 Å². The highest BCUT2D eigenvalue weighted by molar-refractivity contribution is 9.10. The lowest BCUT2D eigenvalue weighted by Crippen LogP contribution is -2.02. The Morgan fingerprint density at radius 1 is 1.30 bits per heavy atom. The predicted octanol–water partition coefficient (Wildman–Crippen LogP) is 3.53. The van der Waals surface area contributed by atoms with Gasteiger partial charge in [0, 0.05) is 10.7 Å². The maximum absolute atomic E-state index is 10.8. The lowest BCUT2D eigenvalue weighted by Gasteiger charge is -2.10. The van der Waals surface area contributed by atoms with Gasteiger partial charge in [-0.05, 0) is 43.2 Å². The molecule has 0 aliphatic carbocycles. The Morgan fingerprint density at radius 3 is 2.40 bits per heavy atom. The van der Waals surface area contributed by atoms with Crippen molar-refractivity contribution in [1.82, 2.24) is 4.98 Å². The van der Waals surface area contributed by atoms with Crippen LogP contribution in [0.3, 0.4) is 0 Å². The van der Waals surface area contributed by atoms with E-state index in [0.717, 1.165) is 15.6 Å². The molecule has 1 heterocycles. The second-order valence-electron chi connectivity index (χ2n) is 4.40. The molecule has 0 saturated heterocycles. The number of carboxylic acids is 1. The van der Waals surface area contributed by atoms with Gasteiger partial charge in [0.1, 0.15) is 5.75 Å². The highest BCUT2D eigenvalue weighted by atomic mass is 79.9. The van der Waals surface area contributed by atoms with Crippen LogP contribution in [-0.4, -0.2) is 16.1 Å². The van der Waals surface area contributed by atoms with Crippen LogP contribution in [0.25, 0.3) is 0 Å². The molecule has 0 amide bonds. The van der Waals surface area contributed by atoms with Crippen molar-refractivity contribution in [3.63, 3.8) is 0 Å². The number of pyridine rings is 1. The Morgan fingerprint density at radius 2 is 1.90 bits per heavy atom. The molecular formula is C14H13BrN2O3. The van der Waals surface area contributed by atoms with Crippen LogP contribution in [0, 0.1) is 13.8 Å². The molecule has 0 radical (unpaired) electrons. The number of nitrogens with two attached hydrogens (primary N) is 1. The number of nitrogen functional groups attached to an aromatic ring is 1. The summed E-state index contributed by atoms with van der Waals surface area (Å²) in [7, 11) is 0. The molecule has 0 bridgehead atoms. The third kappa shape index (κ3) is 2.91. The predicted molar refractivity (Wildman–Crippen MR) is 79.3 cm³/mol. The molecular weight excluding hydrogens is 324 g/mol. The molecule has 0 spiro atoms. The third-order valence-electron chi connectivity index (χ3n) is 2.75. The standard InChI is InChI=1S/C14H13BrN2O3/c1-7-3-10(4-8(2)12(7)15)20-13-11(16)5-9(6-17-13)14(18)19/h3-6H,16H2,1-2H3,(H,18,19). The quantitative estimate of drug-likeness (QED) is 0.895. The fraction of sp³-hybridized carbons (Fsp3) is 0.143. The summed E-state index contributed by atoms with van der Waals surface area (Å²) in [6, 6.07) is 5.02. The van der Waals surface area contributed by atoms with Crippen LogP contribution in [0.4, 0.5) is 5.69 Å². The minimum absolute atomic E-state index is 0.0259. The number of carboxylic acid groups (broad SMARTS) is 1. The molecule has 2 rings (SSSR count). The van der Waals surface area contributed by atoms with Gasteiger partial charge in [-0.1, -0.05) is 15.9 Å². The zero-order chi connectivity index (χ0) is 14.9. The van der Waals surface area contributed by atoms with Crippen LogP contribution in [-0.2, 0) is 0 Å². The zero-order valence-corrected chi connectivity index (χ0v) is 12.6. The Kier molecular flexibility index (Phi) is 3.94. The van der Waals surface area contributed by atoms with Crippen LogP contribution in [0.15, 0.2) is 28.9 Å². The number of anilines is 1. The van der Waals surface area contributed by atoms with Crippen molar-refractivity contribution in [3.05, 3.63) is 45.6 Å². The van der Waals surface area contributed by atoms with E-state index in [1.54, 1.807) is 0 Å². The number of aryl methyl sites for hydroxylation is 2. The molecule has 1 aromatic carbocycles. The highest BCUT2D eigenvalue weighted by Crippen LogP contribution is 2.31. The average molecular weight is 337 g/mol. The molecule has 0 aliphatic rings. The summed E-state index contributed by atoms with van der Waals surface area (Å²) in [6.45, 7) is 3.91. The molecule has 104 valence electrons. The van der Waals surface area contributed by atoms with Crippen LogP contribution < -0.4 is 10.5 Å². The SMILES string of the molecule is Cc1cc(Oc2ncc(C(=O)O)cc2N)cc(C)c1Br. The lowest BCUT2D eigenvalue weighted by atomic mass is 10.1. The zero-order valence-electron chi connectivity index (χ0n) is 11.0. The van der Waals surface area contributed by atoms with Crippen molar-refractivity contribution in [2.75, 3.05) is 5.73 Å². The van der Waals surface area contributed by atoms with Crippen LogP contribution in [0.1, 0.15) is 21.5 Å². The number of nitrogens with zero attached hydrogens (tertiary/aromatic N) is 1. The van der Waals surface area contributed by atoms with Gasteiger partial charge in [-0.2, -0.15) is 0 Å². The number of carbonyl (C=O) groups is 1. The van der Waals surface area contributed by atoms with Gasteiger partial charge in [0.2, 0.25) is 5.88 Å². The largest absolute Gasteiger partial charge is 0.478 e. The second-order valence-corrected chi connectivity index (χ2v) is 5.19. The molecule has 0 fully saturated rings. The monoisotopic (exact) mass is 336 g/mol. The van der Waals surface area contributed by atoms with Gasteiger partial charge < -0.3 is 15.6 Å². The van der Waals surface area contributed by atoms with Gasteiger partial charge in [-0.3, -0.25) is 0 Å². The van der Waals surface area contributed by atoms with Gasteiger partial charge >= 0.3 is 5.97 Å². The number of rotatable bonds is 3. The Bertz CT molecular complexity index is 663. The number of benzene rings is 1. The van der Waals surface area contributed by atoms with Crippen molar-refractivity contribution >= 4 is 27.6 Å². The molecule has 20 heavy (non-hydrogen) atoms. The summed E-state index contributed by atoms with van der Waals surface area (Å²) >= 11 is 3.48. The van der Waals surface area contributed by atoms with E-state index in [4.69, 9.17) is 15.6 Å². The van der Waals surface area contributed by atoms with E-state index in [-0.39, 0.29) is 17.1 Å². The molecule has 2 aromatic rings. The van der Waals surface area contributed by atoms with E-state index in [9.17, 15) is 4.79 Å². The molecule has 3 N–H and O–H groups in total. The number of ether oxygens (including phenoxy) is 1. The van der Waals surface area contributed by atoms with Crippen molar-refractivity contribution < 1.29 is 14.6 Å². The summed E-state index contributed by atoms with van der Waals surface area (Å²) in [5.41, 5.74) is 8.02. The second kappa shape index (κ2) is 5.50. The molecule has 0 atom stereocenters. The third-order valence-corrected chi connectivity index (χ3v) is 4.00. The first-order valence-corrected chi connectivity index (χ1v) is 6.61. The summed E-state index contributed by atoms with van der Waals surface area (Å²) < 4.78 is 6.63. The van der Waals surface area contributed by atoms with E-state index in [2.05, 4.69) is 20.9 Å². The molecule has 5 nitrogen and oxygen atoms in total. The van der Waals surface area contributed by atoms with Gasteiger partial charge in [0.15, 0.2) is 0 Å². The summed E-state index contributed by atoms with van der Waals surface area (Å²) in [5.74, 6) is -0.285. The van der Waals surface area contributed by atoms with Crippen molar-refractivity contribution in [2.45, 2.75) is 13.8 Å². The molecule has 6 heteroatoms. The van der Waals surface area contributed by atoms with Gasteiger partial charge in [-0.15, -0.1) is 0 Å². The maximum atomic E-state index is 10.8. The van der Waals surface area contributed by atoms with E-state index in [1.807, 2.05) is 26.0 Å². The minimum Gasteiger partial charge on any atom is -0.478 e. The van der Waals surface area contributed by atoms with E-state index < -0.39 is 5.97 Å².